The number of hydrogen-bond donors (Lipinski definition) is 0. The number of ether oxygens (including phenoxy) is 1. The zero-order chi connectivity index (χ0) is 18.5. The Balaban J connectivity index is 1.69. The Morgan fingerprint density at radius 3 is 2.52 bits per heavy atom. The van der Waals surface area contributed by atoms with Crippen molar-refractivity contribution in [3.8, 4) is 0 Å². The predicted molar refractivity (Wildman–Crippen MR) is 92.8 cm³/mol. The van der Waals surface area contributed by atoms with E-state index >= 15 is 0 Å². The molecule has 1 aromatic carbocycles. The first kappa shape index (κ1) is 17.4. The molecule has 1 fully saturated rings. The van der Waals surface area contributed by atoms with Crippen LogP contribution < -0.4 is 0 Å². The van der Waals surface area contributed by atoms with Crippen LogP contribution in [-0.4, -0.2) is 29.4 Å². The molecule has 0 aromatic heterocycles. The topological polar surface area (TPSA) is 63.7 Å². The summed E-state index contributed by atoms with van der Waals surface area (Å²) >= 11 is 0. The maximum Gasteiger partial charge on any atom is 0.311 e. The molecule has 1 aliphatic heterocycles. The number of allylic oxidation sites excluding steroid dienone is 2. The van der Waals surface area contributed by atoms with Gasteiger partial charge in [0.1, 0.15) is 0 Å². The lowest BCUT2D eigenvalue weighted by Gasteiger charge is -2.14. The average molecular weight is 341 g/mol. The highest BCUT2D eigenvalue weighted by Crippen LogP contribution is 2.59. The number of carbonyl (C=O) groups excluding carboxylic acids is 3. The molecule has 25 heavy (non-hydrogen) atoms. The van der Waals surface area contributed by atoms with Crippen LogP contribution in [0.2, 0.25) is 0 Å². The molecule has 5 heteroatoms. The van der Waals surface area contributed by atoms with Crippen LogP contribution in [0.25, 0.3) is 0 Å². The Labute approximate surface area is 147 Å². The van der Waals surface area contributed by atoms with E-state index in [0.717, 1.165) is 16.0 Å². The van der Waals surface area contributed by atoms with E-state index in [0.29, 0.717) is 11.1 Å². The second kappa shape index (κ2) is 5.83. The number of imide groups is 1. The first-order valence-electron chi connectivity index (χ1n) is 8.43. The maximum atomic E-state index is 12.5. The van der Waals surface area contributed by atoms with E-state index in [1.165, 1.54) is 0 Å². The monoisotopic (exact) mass is 341 g/mol. The first-order valence-corrected chi connectivity index (χ1v) is 8.43. The summed E-state index contributed by atoms with van der Waals surface area (Å²) in [5, 5.41) is 0. The number of esters is 1. The van der Waals surface area contributed by atoms with Gasteiger partial charge in [0, 0.05) is 0 Å². The lowest BCUT2D eigenvalue weighted by molar-refractivity contribution is -0.148. The molecular formula is C20H23NO4. The lowest BCUT2D eigenvalue weighted by Crippen LogP contribution is -2.33. The molecule has 1 heterocycles. The van der Waals surface area contributed by atoms with Crippen LogP contribution in [0.1, 0.15) is 54.0 Å². The molecule has 1 aromatic rings. The molecule has 0 spiro atoms. The summed E-state index contributed by atoms with van der Waals surface area (Å²) in [4.78, 5) is 38.3. The standard InChI is InChI=1S/C20H23NO4/c1-11(2)9-14-16(20(14,4)5)19(24)25-10-21-17(22)13-8-6-7-12(3)15(13)18(21)23/h6-9,14,16H,10H2,1-5H3/t14-,16+/m1/s1. The van der Waals surface area contributed by atoms with Crippen molar-refractivity contribution in [2.75, 3.05) is 6.73 Å². The third-order valence-electron chi connectivity index (χ3n) is 5.22. The van der Waals surface area contributed by atoms with Gasteiger partial charge in [-0.25, -0.2) is 4.90 Å². The molecule has 0 bridgehead atoms. The number of rotatable bonds is 4. The number of amides is 2. The number of benzene rings is 1. The van der Waals surface area contributed by atoms with Crippen LogP contribution >= 0.6 is 0 Å². The molecule has 0 unspecified atom stereocenters. The van der Waals surface area contributed by atoms with Gasteiger partial charge in [0.05, 0.1) is 17.0 Å². The van der Waals surface area contributed by atoms with Gasteiger partial charge in [-0.3, -0.25) is 14.4 Å². The van der Waals surface area contributed by atoms with Gasteiger partial charge in [0.2, 0.25) is 0 Å². The molecular weight excluding hydrogens is 318 g/mol. The number of fused-ring (bicyclic) bond motifs is 1. The molecule has 0 radical (unpaired) electrons. The normalized spacial score (nSPS) is 23.3. The first-order chi connectivity index (χ1) is 11.7. The van der Waals surface area contributed by atoms with E-state index in [4.69, 9.17) is 4.74 Å². The summed E-state index contributed by atoms with van der Waals surface area (Å²) in [7, 11) is 0. The molecule has 1 aliphatic carbocycles. The smallest absolute Gasteiger partial charge is 0.311 e. The average Bonchev–Trinajstić information content (AvgIpc) is 2.95. The molecule has 5 nitrogen and oxygen atoms in total. The second-order valence-corrected chi connectivity index (χ2v) is 7.70. The van der Waals surface area contributed by atoms with E-state index in [-0.39, 0.29) is 30.0 Å². The molecule has 3 rings (SSSR count). The number of hydrogen-bond acceptors (Lipinski definition) is 4. The Morgan fingerprint density at radius 1 is 1.24 bits per heavy atom. The van der Waals surface area contributed by atoms with Gasteiger partial charge in [-0.2, -0.15) is 0 Å². The third-order valence-corrected chi connectivity index (χ3v) is 5.22. The Hall–Kier alpha value is -2.43. The van der Waals surface area contributed by atoms with Crippen molar-refractivity contribution in [1.82, 2.24) is 4.90 Å². The predicted octanol–water partition coefficient (Wildman–Crippen LogP) is 3.33. The van der Waals surface area contributed by atoms with Crippen LogP contribution in [0.15, 0.2) is 29.8 Å². The third kappa shape index (κ3) is 2.77. The Bertz CT molecular complexity index is 802. The molecule has 1 saturated carbocycles. The van der Waals surface area contributed by atoms with Crippen molar-refractivity contribution in [3.63, 3.8) is 0 Å². The minimum Gasteiger partial charge on any atom is -0.443 e. The molecule has 132 valence electrons. The summed E-state index contributed by atoms with van der Waals surface area (Å²) < 4.78 is 5.33. The van der Waals surface area contributed by atoms with Gasteiger partial charge < -0.3 is 4.74 Å². The summed E-state index contributed by atoms with van der Waals surface area (Å²) in [6.45, 7) is 9.49. The summed E-state index contributed by atoms with van der Waals surface area (Å²) in [6, 6.07) is 5.15. The van der Waals surface area contributed by atoms with Gasteiger partial charge in [-0.15, -0.1) is 0 Å². The van der Waals surface area contributed by atoms with Crippen LogP contribution in [-0.2, 0) is 9.53 Å². The minimum atomic E-state index is -0.410. The van der Waals surface area contributed by atoms with E-state index < -0.39 is 11.8 Å². The number of nitrogens with zero attached hydrogens (tertiary/aromatic N) is 1. The fourth-order valence-electron chi connectivity index (χ4n) is 3.64. The van der Waals surface area contributed by atoms with E-state index in [1.54, 1.807) is 25.1 Å². The number of carbonyl (C=O) groups is 3. The van der Waals surface area contributed by atoms with Gasteiger partial charge in [-0.1, -0.05) is 37.6 Å². The van der Waals surface area contributed by atoms with Crippen LogP contribution in [0, 0.1) is 24.2 Å². The van der Waals surface area contributed by atoms with Gasteiger partial charge in [0.15, 0.2) is 6.73 Å². The minimum absolute atomic E-state index is 0.134. The lowest BCUT2D eigenvalue weighted by atomic mass is 10.0. The Kier molecular flexibility index (Phi) is 4.06. The fraction of sp³-hybridized carbons (Fsp3) is 0.450. The fourth-order valence-corrected chi connectivity index (χ4v) is 3.64. The van der Waals surface area contributed by atoms with E-state index in [1.807, 2.05) is 27.7 Å². The number of aryl methyl sites for hydroxylation is 1. The van der Waals surface area contributed by atoms with Gasteiger partial charge in [-0.05, 0) is 43.7 Å². The molecule has 2 aliphatic rings. The summed E-state index contributed by atoms with van der Waals surface area (Å²) in [6.07, 6.45) is 2.08. The van der Waals surface area contributed by atoms with E-state index in [9.17, 15) is 14.4 Å². The zero-order valence-electron chi connectivity index (χ0n) is 15.3. The summed E-state index contributed by atoms with van der Waals surface area (Å²) in [5.41, 5.74) is 2.51. The van der Waals surface area contributed by atoms with Crippen LogP contribution in [0.3, 0.4) is 0 Å². The van der Waals surface area contributed by atoms with Crippen molar-refractivity contribution in [3.05, 3.63) is 46.5 Å². The van der Waals surface area contributed by atoms with Crippen molar-refractivity contribution in [2.24, 2.45) is 17.3 Å². The van der Waals surface area contributed by atoms with Gasteiger partial charge in [0.25, 0.3) is 11.8 Å². The largest absolute Gasteiger partial charge is 0.443 e. The highest BCUT2D eigenvalue weighted by atomic mass is 16.5. The van der Waals surface area contributed by atoms with E-state index in [2.05, 4.69) is 6.08 Å². The molecule has 0 saturated heterocycles. The molecule has 2 amide bonds. The Morgan fingerprint density at radius 2 is 1.92 bits per heavy atom. The zero-order valence-corrected chi connectivity index (χ0v) is 15.3. The second-order valence-electron chi connectivity index (χ2n) is 7.70. The van der Waals surface area contributed by atoms with Crippen LogP contribution in [0.5, 0.6) is 0 Å². The maximum absolute atomic E-state index is 12.5. The quantitative estimate of drug-likeness (QED) is 0.479. The SMILES string of the molecule is CC(C)=C[C@@H]1[C@@H](C(=O)OCN2C(=O)c3cccc(C)c3C2=O)C1(C)C. The molecule has 2 atom stereocenters. The van der Waals surface area contributed by atoms with Crippen molar-refractivity contribution in [1.29, 1.82) is 0 Å². The van der Waals surface area contributed by atoms with Crippen LogP contribution in [0.4, 0.5) is 0 Å². The van der Waals surface area contributed by atoms with Gasteiger partial charge >= 0.3 is 5.97 Å². The van der Waals surface area contributed by atoms with Crippen molar-refractivity contribution in [2.45, 2.75) is 34.6 Å². The highest BCUT2D eigenvalue weighted by molar-refractivity contribution is 6.22. The highest BCUT2D eigenvalue weighted by Gasteiger charge is 2.61. The van der Waals surface area contributed by atoms with Crippen molar-refractivity contribution >= 4 is 17.8 Å². The molecule has 0 N–H and O–H groups in total. The summed E-state index contributed by atoms with van der Waals surface area (Å²) in [5.74, 6) is -1.27. The van der Waals surface area contributed by atoms with Crippen molar-refractivity contribution < 1.29 is 19.1 Å².